The lowest BCUT2D eigenvalue weighted by molar-refractivity contribution is 0.868. The summed E-state index contributed by atoms with van der Waals surface area (Å²) in [5.74, 6) is 1.36. The Bertz CT molecular complexity index is 534. The van der Waals surface area contributed by atoms with Gasteiger partial charge in [0.2, 0.25) is 5.95 Å². The molecule has 0 fully saturated rings. The summed E-state index contributed by atoms with van der Waals surface area (Å²) in [6.45, 7) is 4.30. The Morgan fingerprint density at radius 3 is 2.61 bits per heavy atom. The van der Waals surface area contributed by atoms with E-state index in [1.807, 2.05) is 18.2 Å². The summed E-state index contributed by atoms with van der Waals surface area (Å²) in [5, 5.41) is 3.20. The lowest BCUT2D eigenvalue weighted by Gasteiger charge is -2.13. The minimum Gasteiger partial charge on any atom is -0.383 e. The number of anilines is 3. The summed E-state index contributed by atoms with van der Waals surface area (Å²) in [4.78, 5) is 8.40. The number of hydrogen-bond donors (Lipinski definition) is 2. The molecular weight excluding hydrogens is 292 g/mol. The molecule has 4 nitrogen and oxygen atoms in total. The van der Waals surface area contributed by atoms with Crippen LogP contribution in [0.1, 0.15) is 25.3 Å². The second-order valence-corrected chi connectivity index (χ2v) is 5.12. The number of nitrogens with two attached hydrogens (primary N) is 1. The number of rotatable bonds is 3. The van der Waals surface area contributed by atoms with Crippen LogP contribution in [0.25, 0.3) is 0 Å². The fourth-order valence-electron chi connectivity index (χ4n) is 1.73. The molecule has 0 bridgehead atoms. The summed E-state index contributed by atoms with van der Waals surface area (Å²) < 4.78 is 0.666. The van der Waals surface area contributed by atoms with Crippen LogP contribution in [0.15, 0.2) is 34.9 Å². The maximum absolute atomic E-state index is 5.69. The van der Waals surface area contributed by atoms with Crippen molar-refractivity contribution in [3.8, 4) is 0 Å². The lowest BCUT2D eigenvalue weighted by atomic mass is 10.0. The number of benzene rings is 1. The smallest absolute Gasteiger partial charge is 0.230 e. The van der Waals surface area contributed by atoms with E-state index < -0.39 is 0 Å². The van der Waals surface area contributed by atoms with Gasteiger partial charge in [-0.2, -0.15) is 4.98 Å². The Labute approximate surface area is 115 Å². The van der Waals surface area contributed by atoms with Gasteiger partial charge in [-0.05, 0) is 33.5 Å². The van der Waals surface area contributed by atoms with Gasteiger partial charge in [0, 0.05) is 11.8 Å². The van der Waals surface area contributed by atoms with Crippen LogP contribution in [0.5, 0.6) is 0 Å². The summed E-state index contributed by atoms with van der Waals surface area (Å²) >= 11 is 3.30. The number of nitrogen functional groups attached to an aromatic ring is 1. The summed E-state index contributed by atoms with van der Waals surface area (Å²) in [6, 6.07) is 9.77. The third kappa shape index (κ3) is 2.98. The molecule has 0 amide bonds. The zero-order valence-corrected chi connectivity index (χ0v) is 11.9. The predicted octanol–water partition coefficient (Wildman–Crippen LogP) is 3.69. The minimum atomic E-state index is 0.429. The van der Waals surface area contributed by atoms with Crippen molar-refractivity contribution in [3.63, 3.8) is 0 Å². The molecule has 0 unspecified atom stereocenters. The van der Waals surface area contributed by atoms with E-state index in [2.05, 4.69) is 51.1 Å². The molecule has 0 aliphatic rings. The van der Waals surface area contributed by atoms with E-state index >= 15 is 0 Å². The second-order valence-electron chi connectivity index (χ2n) is 4.31. The van der Waals surface area contributed by atoms with Crippen molar-refractivity contribution in [3.05, 3.63) is 40.5 Å². The molecule has 0 saturated heterocycles. The second kappa shape index (κ2) is 5.35. The van der Waals surface area contributed by atoms with E-state index in [-0.39, 0.29) is 0 Å². The van der Waals surface area contributed by atoms with E-state index in [0.717, 1.165) is 5.69 Å². The number of hydrogen-bond acceptors (Lipinski definition) is 4. The van der Waals surface area contributed by atoms with Crippen LogP contribution in [0.3, 0.4) is 0 Å². The summed E-state index contributed by atoms with van der Waals surface area (Å²) in [6.07, 6.45) is 0. The summed E-state index contributed by atoms with van der Waals surface area (Å²) in [7, 11) is 0. The van der Waals surface area contributed by atoms with Crippen LogP contribution >= 0.6 is 15.9 Å². The van der Waals surface area contributed by atoms with Gasteiger partial charge in [0.25, 0.3) is 0 Å². The quantitative estimate of drug-likeness (QED) is 0.849. The monoisotopic (exact) mass is 306 g/mol. The highest BCUT2D eigenvalue weighted by molar-refractivity contribution is 9.10. The van der Waals surface area contributed by atoms with E-state index in [4.69, 9.17) is 5.73 Å². The zero-order chi connectivity index (χ0) is 13.1. The van der Waals surface area contributed by atoms with Crippen molar-refractivity contribution in [1.82, 2.24) is 9.97 Å². The van der Waals surface area contributed by atoms with E-state index in [9.17, 15) is 0 Å². The molecular formula is C13H15BrN4. The van der Waals surface area contributed by atoms with Gasteiger partial charge in [0.1, 0.15) is 10.4 Å². The molecule has 2 rings (SSSR count). The van der Waals surface area contributed by atoms with Gasteiger partial charge in [-0.1, -0.05) is 32.0 Å². The molecule has 3 N–H and O–H groups in total. The fraction of sp³-hybridized carbons (Fsp3) is 0.231. The molecule has 5 heteroatoms. The average Bonchev–Trinajstić information content (AvgIpc) is 2.27. The largest absolute Gasteiger partial charge is 0.383 e. The molecule has 0 spiro atoms. The first-order chi connectivity index (χ1) is 8.56. The van der Waals surface area contributed by atoms with Crippen molar-refractivity contribution < 1.29 is 0 Å². The van der Waals surface area contributed by atoms with Gasteiger partial charge >= 0.3 is 0 Å². The maximum atomic E-state index is 5.69. The van der Waals surface area contributed by atoms with Crippen molar-refractivity contribution in [1.29, 1.82) is 0 Å². The van der Waals surface area contributed by atoms with Crippen molar-refractivity contribution in [2.75, 3.05) is 11.1 Å². The Kier molecular flexibility index (Phi) is 3.81. The standard InChI is InChI=1S/C13H15BrN4/c1-8(2)9-5-3-4-6-10(9)16-13-17-11(14)7-12(15)18-13/h3-8H,1-2H3,(H3,15,16,17,18). The molecule has 2 aromatic rings. The normalized spacial score (nSPS) is 10.7. The van der Waals surface area contributed by atoms with Crippen LogP contribution in [-0.2, 0) is 0 Å². The van der Waals surface area contributed by atoms with E-state index in [1.54, 1.807) is 6.07 Å². The molecule has 0 saturated carbocycles. The van der Waals surface area contributed by atoms with Crippen LogP contribution in [0.4, 0.5) is 17.5 Å². The van der Waals surface area contributed by atoms with Crippen LogP contribution in [0, 0.1) is 0 Å². The average molecular weight is 307 g/mol. The van der Waals surface area contributed by atoms with E-state index in [0.29, 0.717) is 22.3 Å². The predicted molar refractivity (Wildman–Crippen MR) is 78.0 cm³/mol. The number of nitrogens with one attached hydrogen (secondary N) is 1. The number of aromatic nitrogens is 2. The molecule has 0 aliphatic heterocycles. The molecule has 1 heterocycles. The van der Waals surface area contributed by atoms with Gasteiger partial charge in [-0.25, -0.2) is 4.98 Å². The maximum Gasteiger partial charge on any atom is 0.230 e. The van der Waals surface area contributed by atoms with Crippen LogP contribution < -0.4 is 11.1 Å². The van der Waals surface area contributed by atoms with Crippen molar-refractivity contribution >= 4 is 33.4 Å². The first kappa shape index (κ1) is 12.8. The Balaban J connectivity index is 2.34. The highest BCUT2D eigenvalue weighted by Gasteiger charge is 2.07. The zero-order valence-electron chi connectivity index (χ0n) is 10.3. The minimum absolute atomic E-state index is 0.429. The SMILES string of the molecule is CC(C)c1ccccc1Nc1nc(N)cc(Br)n1. The first-order valence-electron chi connectivity index (χ1n) is 5.72. The third-order valence-electron chi connectivity index (χ3n) is 2.54. The molecule has 94 valence electrons. The topological polar surface area (TPSA) is 63.8 Å². The highest BCUT2D eigenvalue weighted by Crippen LogP contribution is 2.26. The van der Waals surface area contributed by atoms with Gasteiger partial charge in [0.15, 0.2) is 0 Å². The third-order valence-corrected chi connectivity index (χ3v) is 2.95. The fourth-order valence-corrected chi connectivity index (χ4v) is 2.13. The van der Waals surface area contributed by atoms with Crippen LogP contribution in [0.2, 0.25) is 0 Å². The van der Waals surface area contributed by atoms with Crippen molar-refractivity contribution in [2.45, 2.75) is 19.8 Å². The van der Waals surface area contributed by atoms with E-state index in [1.165, 1.54) is 5.56 Å². The lowest BCUT2D eigenvalue weighted by Crippen LogP contribution is -2.03. The Hall–Kier alpha value is -1.62. The van der Waals surface area contributed by atoms with Gasteiger partial charge in [-0.15, -0.1) is 0 Å². The van der Waals surface area contributed by atoms with Crippen molar-refractivity contribution in [2.24, 2.45) is 0 Å². The highest BCUT2D eigenvalue weighted by atomic mass is 79.9. The molecule has 1 aromatic heterocycles. The van der Waals surface area contributed by atoms with Gasteiger partial charge < -0.3 is 11.1 Å². The summed E-state index contributed by atoms with van der Waals surface area (Å²) in [5.41, 5.74) is 7.92. The number of halogens is 1. The number of para-hydroxylation sites is 1. The molecule has 18 heavy (non-hydrogen) atoms. The van der Waals surface area contributed by atoms with Crippen LogP contribution in [-0.4, -0.2) is 9.97 Å². The first-order valence-corrected chi connectivity index (χ1v) is 6.51. The molecule has 1 aromatic carbocycles. The molecule has 0 radical (unpaired) electrons. The van der Waals surface area contributed by atoms with Gasteiger partial charge in [-0.3, -0.25) is 0 Å². The Morgan fingerprint density at radius 2 is 1.94 bits per heavy atom. The molecule has 0 aliphatic carbocycles. The van der Waals surface area contributed by atoms with Gasteiger partial charge in [0.05, 0.1) is 0 Å². The Morgan fingerprint density at radius 1 is 1.22 bits per heavy atom. The number of nitrogens with zero attached hydrogens (tertiary/aromatic N) is 2. The molecule has 0 atom stereocenters.